The molecule has 1 aliphatic rings. The lowest BCUT2D eigenvalue weighted by Gasteiger charge is -2.21. The van der Waals surface area contributed by atoms with E-state index in [1.165, 1.54) is 12.8 Å². The summed E-state index contributed by atoms with van der Waals surface area (Å²) < 4.78 is 5.44. The van der Waals surface area contributed by atoms with Crippen LogP contribution in [0, 0.1) is 0 Å². The first-order valence-electron chi connectivity index (χ1n) is 6.82. The van der Waals surface area contributed by atoms with Crippen molar-refractivity contribution in [1.82, 2.24) is 10.1 Å². The molecule has 5 heteroatoms. The number of nitrogens with zero attached hydrogens (tertiary/aromatic N) is 2. The van der Waals surface area contributed by atoms with Crippen LogP contribution in [0.1, 0.15) is 18.6 Å². The number of halogens is 1. The number of nitrogens with two attached hydrogens (primary N) is 1. The number of likely N-dealkylation sites (tertiary alicyclic amines) is 1. The molecule has 108 valence electrons. The molecule has 0 aliphatic carbocycles. The molecule has 1 saturated heterocycles. The van der Waals surface area contributed by atoms with Crippen LogP contribution < -0.4 is 5.73 Å². The van der Waals surface area contributed by atoms with Gasteiger partial charge >= 0.3 is 0 Å². The number of aromatic nitrogens is 1. The summed E-state index contributed by atoms with van der Waals surface area (Å²) in [6, 6.07) is 12.6. The summed E-state index contributed by atoms with van der Waals surface area (Å²) in [6.45, 7) is 2.63. The molecule has 0 spiro atoms. The van der Waals surface area contributed by atoms with Gasteiger partial charge in [0.25, 0.3) is 0 Å². The van der Waals surface area contributed by atoms with Crippen molar-refractivity contribution >= 4 is 12.4 Å². The van der Waals surface area contributed by atoms with Gasteiger partial charge in [-0.15, -0.1) is 12.4 Å². The Balaban J connectivity index is 0.00000147. The van der Waals surface area contributed by atoms with Gasteiger partial charge in [-0.25, -0.2) is 0 Å². The van der Waals surface area contributed by atoms with Gasteiger partial charge in [0.05, 0.1) is 6.54 Å². The molecule has 0 saturated carbocycles. The van der Waals surface area contributed by atoms with Crippen LogP contribution >= 0.6 is 12.4 Å². The average Bonchev–Trinajstić information content (AvgIpc) is 3.09. The van der Waals surface area contributed by atoms with Crippen molar-refractivity contribution in [3.63, 3.8) is 0 Å². The second kappa shape index (κ2) is 6.88. The molecule has 1 aromatic heterocycles. The van der Waals surface area contributed by atoms with Gasteiger partial charge in [0.15, 0.2) is 5.76 Å². The van der Waals surface area contributed by atoms with E-state index in [1.54, 1.807) is 0 Å². The summed E-state index contributed by atoms with van der Waals surface area (Å²) in [4.78, 5) is 2.38. The SMILES string of the molecule is Cl.NCC1CCCN1Cc1cc(-c2ccccc2)no1. The topological polar surface area (TPSA) is 55.3 Å². The molecule has 2 heterocycles. The van der Waals surface area contributed by atoms with Crippen LogP contribution in [0.4, 0.5) is 0 Å². The van der Waals surface area contributed by atoms with Crippen molar-refractivity contribution < 1.29 is 4.52 Å². The van der Waals surface area contributed by atoms with E-state index < -0.39 is 0 Å². The summed E-state index contributed by atoms with van der Waals surface area (Å²) in [5, 5.41) is 4.15. The highest BCUT2D eigenvalue weighted by Crippen LogP contribution is 2.22. The van der Waals surface area contributed by atoms with E-state index in [0.717, 1.165) is 36.7 Å². The first kappa shape index (κ1) is 15.0. The Labute approximate surface area is 125 Å². The fraction of sp³-hybridized carbons (Fsp3) is 0.400. The van der Waals surface area contributed by atoms with E-state index in [-0.39, 0.29) is 12.4 Å². The molecule has 0 bridgehead atoms. The van der Waals surface area contributed by atoms with Crippen LogP contribution in [-0.2, 0) is 6.54 Å². The van der Waals surface area contributed by atoms with Crippen LogP contribution in [0.15, 0.2) is 40.9 Å². The smallest absolute Gasteiger partial charge is 0.151 e. The van der Waals surface area contributed by atoms with E-state index in [2.05, 4.69) is 10.1 Å². The molecule has 2 N–H and O–H groups in total. The minimum atomic E-state index is 0. The maximum atomic E-state index is 5.79. The number of hydrogen-bond donors (Lipinski definition) is 1. The third-order valence-electron chi connectivity index (χ3n) is 3.76. The third kappa shape index (κ3) is 3.20. The average molecular weight is 294 g/mol. The Hall–Kier alpha value is -1.36. The monoisotopic (exact) mass is 293 g/mol. The van der Waals surface area contributed by atoms with E-state index in [4.69, 9.17) is 10.3 Å². The predicted octanol–water partition coefficient (Wildman–Crippen LogP) is 2.69. The Morgan fingerprint density at radius 1 is 1.30 bits per heavy atom. The molecule has 0 radical (unpaired) electrons. The van der Waals surface area contributed by atoms with Gasteiger partial charge in [-0.05, 0) is 19.4 Å². The maximum Gasteiger partial charge on any atom is 0.151 e. The van der Waals surface area contributed by atoms with Gasteiger partial charge in [0.1, 0.15) is 5.69 Å². The normalized spacial score (nSPS) is 18.9. The van der Waals surface area contributed by atoms with Crippen molar-refractivity contribution in [3.8, 4) is 11.3 Å². The van der Waals surface area contributed by atoms with Crippen LogP contribution in [-0.4, -0.2) is 29.2 Å². The quantitative estimate of drug-likeness (QED) is 0.942. The Kier molecular flexibility index (Phi) is 5.17. The fourth-order valence-corrected chi connectivity index (χ4v) is 2.70. The van der Waals surface area contributed by atoms with Gasteiger partial charge in [-0.1, -0.05) is 35.5 Å². The molecule has 4 nitrogen and oxygen atoms in total. The highest BCUT2D eigenvalue weighted by atomic mass is 35.5. The lowest BCUT2D eigenvalue weighted by atomic mass is 10.1. The molecule has 1 aromatic carbocycles. The van der Waals surface area contributed by atoms with Gasteiger partial charge in [0, 0.05) is 24.2 Å². The molecule has 3 rings (SSSR count). The van der Waals surface area contributed by atoms with Crippen molar-refractivity contribution in [1.29, 1.82) is 0 Å². The number of benzene rings is 1. The lowest BCUT2D eigenvalue weighted by molar-refractivity contribution is 0.219. The van der Waals surface area contributed by atoms with E-state index in [9.17, 15) is 0 Å². The first-order chi connectivity index (χ1) is 9.36. The maximum absolute atomic E-state index is 5.79. The Morgan fingerprint density at radius 2 is 2.10 bits per heavy atom. The van der Waals surface area contributed by atoms with Crippen molar-refractivity contribution in [2.45, 2.75) is 25.4 Å². The Bertz CT molecular complexity index is 529. The molecule has 0 amide bonds. The van der Waals surface area contributed by atoms with Crippen LogP contribution in [0.3, 0.4) is 0 Å². The van der Waals surface area contributed by atoms with E-state index >= 15 is 0 Å². The predicted molar refractivity (Wildman–Crippen MR) is 81.7 cm³/mol. The minimum absolute atomic E-state index is 0. The van der Waals surface area contributed by atoms with Gasteiger partial charge in [0.2, 0.25) is 0 Å². The zero-order valence-electron chi connectivity index (χ0n) is 11.4. The molecule has 1 unspecified atom stereocenters. The standard InChI is InChI=1S/C15H19N3O.ClH/c16-10-13-7-4-8-18(13)11-14-9-15(17-19-14)12-5-2-1-3-6-12;/h1-3,5-6,9,13H,4,7-8,10-11,16H2;1H. The van der Waals surface area contributed by atoms with Gasteiger partial charge in [-0.2, -0.15) is 0 Å². The van der Waals surface area contributed by atoms with Crippen molar-refractivity contribution in [2.24, 2.45) is 5.73 Å². The summed E-state index contributed by atoms with van der Waals surface area (Å²) in [5.74, 6) is 0.916. The van der Waals surface area contributed by atoms with Crippen LogP contribution in [0.5, 0.6) is 0 Å². The van der Waals surface area contributed by atoms with Crippen molar-refractivity contribution in [3.05, 3.63) is 42.2 Å². The largest absolute Gasteiger partial charge is 0.359 e. The molecule has 1 fully saturated rings. The number of hydrogen-bond acceptors (Lipinski definition) is 4. The lowest BCUT2D eigenvalue weighted by Crippen LogP contribution is -2.34. The summed E-state index contributed by atoms with van der Waals surface area (Å²) >= 11 is 0. The van der Waals surface area contributed by atoms with Crippen LogP contribution in [0.25, 0.3) is 11.3 Å². The van der Waals surface area contributed by atoms with E-state index in [0.29, 0.717) is 6.04 Å². The first-order valence-corrected chi connectivity index (χ1v) is 6.82. The third-order valence-corrected chi connectivity index (χ3v) is 3.76. The molecular weight excluding hydrogens is 274 g/mol. The molecule has 1 aliphatic heterocycles. The fourth-order valence-electron chi connectivity index (χ4n) is 2.70. The zero-order valence-corrected chi connectivity index (χ0v) is 12.2. The summed E-state index contributed by atoms with van der Waals surface area (Å²) in [6.07, 6.45) is 2.41. The number of rotatable bonds is 4. The molecular formula is C15H20ClN3O. The molecule has 20 heavy (non-hydrogen) atoms. The second-order valence-electron chi connectivity index (χ2n) is 5.05. The zero-order chi connectivity index (χ0) is 13.1. The minimum Gasteiger partial charge on any atom is -0.359 e. The molecule has 2 aromatic rings. The van der Waals surface area contributed by atoms with Gasteiger partial charge in [-0.3, -0.25) is 4.90 Å². The second-order valence-corrected chi connectivity index (χ2v) is 5.05. The summed E-state index contributed by atoms with van der Waals surface area (Å²) in [7, 11) is 0. The Morgan fingerprint density at radius 3 is 2.85 bits per heavy atom. The highest BCUT2D eigenvalue weighted by Gasteiger charge is 2.24. The summed E-state index contributed by atoms with van der Waals surface area (Å²) in [5.41, 5.74) is 7.78. The van der Waals surface area contributed by atoms with Gasteiger partial charge < -0.3 is 10.3 Å². The molecule has 1 atom stereocenters. The van der Waals surface area contributed by atoms with Crippen LogP contribution in [0.2, 0.25) is 0 Å². The highest BCUT2D eigenvalue weighted by molar-refractivity contribution is 5.85. The van der Waals surface area contributed by atoms with Crippen molar-refractivity contribution in [2.75, 3.05) is 13.1 Å². The van der Waals surface area contributed by atoms with E-state index in [1.807, 2.05) is 36.4 Å².